The zero-order chi connectivity index (χ0) is 20.8. The largest absolute Gasteiger partial charge is 0.493 e. The van der Waals surface area contributed by atoms with Crippen molar-refractivity contribution in [3.63, 3.8) is 0 Å². The molecule has 28 heavy (non-hydrogen) atoms. The fourth-order valence-corrected chi connectivity index (χ4v) is 3.74. The van der Waals surface area contributed by atoms with Crippen LogP contribution in [-0.4, -0.2) is 61.4 Å². The number of nitrogens with one attached hydrogen (secondary N) is 2. The minimum atomic E-state index is -0.824. The number of urea groups is 1. The monoisotopic (exact) mass is 393 g/mol. The van der Waals surface area contributed by atoms with E-state index in [4.69, 9.17) is 14.6 Å². The Morgan fingerprint density at radius 2 is 1.96 bits per heavy atom. The molecule has 1 aliphatic carbocycles. The third-order valence-corrected chi connectivity index (χ3v) is 5.36. The van der Waals surface area contributed by atoms with Crippen molar-refractivity contribution in [2.75, 3.05) is 27.3 Å². The Balaban J connectivity index is 1.88. The Bertz CT molecular complexity index is 703. The molecule has 1 fully saturated rings. The number of hydrogen-bond donors (Lipinski definition) is 3. The Morgan fingerprint density at radius 3 is 2.50 bits per heavy atom. The normalized spacial score (nSPS) is 19.5. The Hall–Kier alpha value is -2.48. The molecule has 2 rings (SSSR count). The highest BCUT2D eigenvalue weighted by molar-refractivity contribution is 5.75. The van der Waals surface area contributed by atoms with Crippen LogP contribution in [-0.2, 0) is 4.79 Å². The molecule has 1 aliphatic rings. The van der Waals surface area contributed by atoms with Gasteiger partial charge >= 0.3 is 12.0 Å². The molecule has 1 saturated carbocycles. The number of benzene rings is 1. The van der Waals surface area contributed by atoms with Gasteiger partial charge in [-0.25, -0.2) is 4.79 Å². The molecule has 1 unspecified atom stereocenters. The number of carbonyl (C=O) groups is 2. The quantitative estimate of drug-likeness (QED) is 0.595. The first-order chi connectivity index (χ1) is 13.3. The van der Waals surface area contributed by atoms with Gasteiger partial charge in [-0.05, 0) is 44.9 Å². The summed E-state index contributed by atoms with van der Waals surface area (Å²) < 4.78 is 10.7. The molecule has 1 aromatic carbocycles. The summed E-state index contributed by atoms with van der Waals surface area (Å²) >= 11 is 0. The van der Waals surface area contributed by atoms with E-state index in [1.165, 1.54) is 0 Å². The van der Waals surface area contributed by atoms with E-state index in [1.807, 2.05) is 37.8 Å². The van der Waals surface area contributed by atoms with Gasteiger partial charge in [-0.3, -0.25) is 9.69 Å². The number of carboxylic acid groups (broad SMARTS) is 1. The number of hydrogen-bond acceptors (Lipinski definition) is 5. The molecule has 156 valence electrons. The fourth-order valence-electron chi connectivity index (χ4n) is 3.74. The van der Waals surface area contributed by atoms with Crippen LogP contribution in [0, 0.1) is 6.92 Å². The van der Waals surface area contributed by atoms with Crippen molar-refractivity contribution >= 4 is 12.0 Å². The minimum absolute atomic E-state index is 0.0374. The predicted molar refractivity (Wildman–Crippen MR) is 106 cm³/mol. The lowest BCUT2D eigenvalue weighted by Crippen LogP contribution is -2.56. The number of aliphatic carboxylic acids is 1. The second-order valence-corrected chi connectivity index (χ2v) is 7.13. The molecule has 0 aliphatic heterocycles. The summed E-state index contributed by atoms with van der Waals surface area (Å²) in [4.78, 5) is 25.2. The maximum atomic E-state index is 12.4. The molecule has 0 aromatic heterocycles. The van der Waals surface area contributed by atoms with Crippen LogP contribution in [0.4, 0.5) is 4.79 Å². The van der Waals surface area contributed by atoms with Crippen LogP contribution >= 0.6 is 0 Å². The first-order valence-electron chi connectivity index (χ1n) is 9.54. The topological polar surface area (TPSA) is 100 Å². The number of carboxylic acids is 1. The summed E-state index contributed by atoms with van der Waals surface area (Å²) in [5.41, 5.74) is 1.88. The summed E-state index contributed by atoms with van der Waals surface area (Å²) in [6, 6.07) is 3.59. The SMILES string of the molecule is CCN(CC(=O)O)C1CC(NC(=O)NC(C)c2ccc(OC)c(OC)c2C)C1. The van der Waals surface area contributed by atoms with Gasteiger partial charge in [-0.1, -0.05) is 13.0 Å². The molecule has 3 N–H and O–H groups in total. The molecule has 0 saturated heterocycles. The van der Waals surface area contributed by atoms with Crippen molar-refractivity contribution in [1.29, 1.82) is 0 Å². The van der Waals surface area contributed by atoms with Crippen molar-refractivity contribution < 1.29 is 24.2 Å². The van der Waals surface area contributed by atoms with E-state index in [0.29, 0.717) is 18.0 Å². The lowest BCUT2D eigenvalue weighted by atomic mass is 9.85. The summed E-state index contributed by atoms with van der Waals surface area (Å²) in [5, 5.41) is 14.9. The van der Waals surface area contributed by atoms with Gasteiger partial charge < -0.3 is 25.2 Å². The van der Waals surface area contributed by atoms with E-state index in [0.717, 1.165) is 24.0 Å². The molecule has 1 aromatic rings. The zero-order valence-electron chi connectivity index (χ0n) is 17.2. The second-order valence-electron chi connectivity index (χ2n) is 7.13. The van der Waals surface area contributed by atoms with Crippen molar-refractivity contribution in [3.8, 4) is 11.5 Å². The van der Waals surface area contributed by atoms with Gasteiger partial charge in [0, 0.05) is 17.6 Å². The standard InChI is InChI=1S/C20H31N3O5/c1-6-23(11-18(24)25)15-9-14(10-15)22-20(26)21-13(3)16-7-8-17(27-4)19(28-5)12(16)2/h7-8,13-15H,6,9-11H2,1-5H3,(H,24,25)(H2,21,22,26). The number of rotatable bonds is 9. The number of likely N-dealkylation sites (N-methyl/N-ethyl adjacent to an activating group) is 1. The maximum Gasteiger partial charge on any atom is 0.317 e. The van der Waals surface area contributed by atoms with E-state index < -0.39 is 5.97 Å². The molecule has 8 heteroatoms. The van der Waals surface area contributed by atoms with E-state index in [1.54, 1.807) is 14.2 Å². The summed E-state index contributed by atoms with van der Waals surface area (Å²) in [7, 11) is 3.19. The van der Waals surface area contributed by atoms with Crippen LogP contribution in [0.2, 0.25) is 0 Å². The van der Waals surface area contributed by atoms with Crippen LogP contribution in [0.5, 0.6) is 11.5 Å². The number of nitrogens with zero attached hydrogens (tertiary/aromatic N) is 1. The van der Waals surface area contributed by atoms with Gasteiger partial charge in [0.15, 0.2) is 11.5 Å². The number of ether oxygens (including phenoxy) is 2. The highest BCUT2D eigenvalue weighted by atomic mass is 16.5. The molecule has 0 spiro atoms. The van der Waals surface area contributed by atoms with Crippen molar-refractivity contribution in [3.05, 3.63) is 23.3 Å². The van der Waals surface area contributed by atoms with Crippen LogP contribution in [0.1, 0.15) is 43.9 Å². The molecule has 0 radical (unpaired) electrons. The van der Waals surface area contributed by atoms with Crippen LogP contribution < -0.4 is 20.1 Å². The number of carbonyl (C=O) groups excluding carboxylic acids is 1. The van der Waals surface area contributed by atoms with Gasteiger partial charge in [-0.15, -0.1) is 0 Å². The molecular formula is C20H31N3O5. The zero-order valence-corrected chi connectivity index (χ0v) is 17.2. The summed E-state index contributed by atoms with van der Waals surface area (Å²) in [6.07, 6.45) is 1.52. The molecule has 0 heterocycles. The Kier molecular flexibility index (Phi) is 7.51. The number of amides is 2. The Labute approximate surface area is 166 Å². The van der Waals surface area contributed by atoms with E-state index in [9.17, 15) is 9.59 Å². The van der Waals surface area contributed by atoms with Crippen molar-refractivity contribution in [1.82, 2.24) is 15.5 Å². The van der Waals surface area contributed by atoms with Gasteiger partial charge in [-0.2, -0.15) is 0 Å². The van der Waals surface area contributed by atoms with Crippen LogP contribution in [0.3, 0.4) is 0 Å². The smallest absolute Gasteiger partial charge is 0.317 e. The lowest BCUT2D eigenvalue weighted by molar-refractivity contribution is -0.139. The van der Waals surface area contributed by atoms with E-state index >= 15 is 0 Å². The van der Waals surface area contributed by atoms with E-state index in [2.05, 4.69) is 10.6 Å². The lowest BCUT2D eigenvalue weighted by Gasteiger charge is -2.42. The third kappa shape index (κ3) is 5.07. The van der Waals surface area contributed by atoms with Gasteiger partial charge in [0.2, 0.25) is 0 Å². The number of methoxy groups -OCH3 is 2. The van der Waals surface area contributed by atoms with Gasteiger partial charge in [0.05, 0.1) is 26.8 Å². The van der Waals surface area contributed by atoms with Crippen molar-refractivity contribution in [2.24, 2.45) is 0 Å². The summed E-state index contributed by atoms with van der Waals surface area (Å²) in [5.74, 6) is 0.492. The molecule has 0 bridgehead atoms. The van der Waals surface area contributed by atoms with Gasteiger partial charge in [0.1, 0.15) is 0 Å². The third-order valence-electron chi connectivity index (χ3n) is 5.36. The molecular weight excluding hydrogens is 362 g/mol. The average Bonchev–Trinajstić information content (AvgIpc) is 2.61. The average molecular weight is 393 g/mol. The van der Waals surface area contributed by atoms with E-state index in [-0.39, 0.29) is 30.7 Å². The highest BCUT2D eigenvalue weighted by Crippen LogP contribution is 2.35. The summed E-state index contributed by atoms with van der Waals surface area (Å²) in [6.45, 7) is 6.53. The molecule has 8 nitrogen and oxygen atoms in total. The van der Waals surface area contributed by atoms with Crippen LogP contribution in [0.15, 0.2) is 12.1 Å². The minimum Gasteiger partial charge on any atom is -0.493 e. The van der Waals surface area contributed by atoms with Crippen LogP contribution in [0.25, 0.3) is 0 Å². The highest BCUT2D eigenvalue weighted by Gasteiger charge is 2.34. The molecule has 2 amide bonds. The fraction of sp³-hybridized carbons (Fsp3) is 0.600. The second kappa shape index (κ2) is 9.64. The Morgan fingerprint density at radius 1 is 1.29 bits per heavy atom. The van der Waals surface area contributed by atoms with Crippen molar-refractivity contribution in [2.45, 2.75) is 51.7 Å². The van der Waals surface area contributed by atoms with Gasteiger partial charge in [0.25, 0.3) is 0 Å². The first-order valence-corrected chi connectivity index (χ1v) is 9.54. The molecule has 1 atom stereocenters. The predicted octanol–water partition coefficient (Wildman–Crippen LogP) is 2.31. The first kappa shape index (κ1) is 21.8. The maximum absolute atomic E-state index is 12.4.